The molecule has 28 heavy (non-hydrogen) atoms. The molecule has 0 radical (unpaired) electrons. The van der Waals surface area contributed by atoms with Gasteiger partial charge in [0.05, 0.1) is 24.3 Å². The Morgan fingerprint density at radius 1 is 1.00 bits per heavy atom. The second kappa shape index (κ2) is 7.58. The molecule has 0 atom stereocenters. The fraction of sp³-hybridized carbons (Fsp3) is 0.143. The monoisotopic (exact) mass is 377 g/mol. The number of aromatic nitrogens is 2. The lowest BCUT2D eigenvalue weighted by molar-refractivity contribution is -0.364. The summed E-state index contributed by atoms with van der Waals surface area (Å²) < 4.78 is 5.56. The number of amides is 1. The Morgan fingerprint density at radius 3 is 2.68 bits per heavy atom. The van der Waals surface area contributed by atoms with Gasteiger partial charge in [-0.3, -0.25) is 9.59 Å². The molecule has 6 N–H and O–H groups in total. The van der Waals surface area contributed by atoms with E-state index in [-0.39, 0.29) is 18.1 Å². The molecule has 142 valence electrons. The Bertz CT molecular complexity index is 1210. The lowest BCUT2D eigenvalue weighted by atomic mass is 10.1. The van der Waals surface area contributed by atoms with Crippen LogP contribution in [0.15, 0.2) is 59.4 Å². The van der Waals surface area contributed by atoms with Gasteiger partial charge < -0.3 is 25.8 Å². The summed E-state index contributed by atoms with van der Waals surface area (Å²) >= 11 is 0. The predicted octanol–water partition coefficient (Wildman–Crippen LogP) is 1.41. The van der Waals surface area contributed by atoms with Crippen LogP contribution in [0.5, 0.6) is 5.75 Å². The van der Waals surface area contributed by atoms with Gasteiger partial charge in [0.2, 0.25) is 0 Å². The number of benzene rings is 2. The molecule has 0 spiro atoms. The number of ether oxygens (including phenoxy) is 1. The van der Waals surface area contributed by atoms with Crippen LogP contribution < -0.4 is 21.3 Å². The highest BCUT2D eigenvalue weighted by Gasteiger charge is 2.10. The number of carbonyl (C=O) groups is 1. The van der Waals surface area contributed by atoms with Crippen LogP contribution in [0.3, 0.4) is 0 Å². The van der Waals surface area contributed by atoms with E-state index in [1.165, 1.54) is 0 Å². The van der Waals surface area contributed by atoms with Crippen LogP contribution >= 0.6 is 0 Å². The van der Waals surface area contributed by atoms with Crippen LogP contribution in [0.4, 0.5) is 0 Å². The molecule has 7 heteroatoms. The Labute approximate surface area is 160 Å². The van der Waals surface area contributed by atoms with Gasteiger partial charge in [-0.05, 0) is 41.8 Å². The Kier molecular flexibility index (Phi) is 4.82. The van der Waals surface area contributed by atoms with E-state index in [0.717, 1.165) is 27.5 Å². The van der Waals surface area contributed by atoms with E-state index < -0.39 is 0 Å². The molecule has 0 aliphatic rings. The third kappa shape index (κ3) is 3.60. The van der Waals surface area contributed by atoms with Crippen molar-refractivity contribution in [3.63, 3.8) is 0 Å². The van der Waals surface area contributed by atoms with Gasteiger partial charge in [-0.15, -0.1) is 0 Å². The smallest absolute Gasteiger partial charge is 0.258 e. The minimum atomic E-state index is -0.179. The van der Waals surface area contributed by atoms with Crippen molar-refractivity contribution in [1.29, 1.82) is 0 Å². The highest BCUT2D eigenvalue weighted by Crippen LogP contribution is 2.26. The maximum atomic E-state index is 12.5. The Hall–Kier alpha value is -3.58. The standard InChI is InChI=1S/C21H20N4O3/c22-7-8-23-20(26)12-28-15-5-6-18-14(9-15)11-19(24-18)16-10-13-3-1-2-4-17(13)25-21(16)27/h1-6,9-11,24H,7-8,12,22H2,(H,23,26)(H,25,27)/p+1. The molecule has 4 aromatic rings. The summed E-state index contributed by atoms with van der Waals surface area (Å²) in [5.74, 6) is 0.413. The lowest BCUT2D eigenvalue weighted by Crippen LogP contribution is -2.55. The van der Waals surface area contributed by atoms with E-state index in [4.69, 9.17) is 4.74 Å². The van der Waals surface area contributed by atoms with Crippen LogP contribution in [-0.4, -0.2) is 35.6 Å². The van der Waals surface area contributed by atoms with E-state index >= 15 is 0 Å². The van der Waals surface area contributed by atoms with E-state index in [9.17, 15) is 9.59 Å². The largest absolute Gasteiger partial charge is 0.484 e. The number of hydrogen-bond acceptors (Lipinski definition) is 3. The maximum absolute atomic E-state index is 12.5. The average molecular weight is 377 g/mol. The summed E-state index contributed by atoms with van der Waals surface area (Å²) in [6.07, 6.45) is 0. The number of fused-ring (bicyclic) bond motifs is 2. The predicted molar refractivity (Wildman–Crippen MR) is 108 cm³/mol. The molecule has 0 fully saturated rings. The molecule has 0 saturated heterocycles. The summed E-state index contributed by atoms with van der Waals surface area (Å²) in [6.45, 7) is 1.12. The molecule has 2 aromatic carbocycles. The second-order valence-corrected chi connectivity index (χ2v) is 6.52. The number of H-pyrrole nitrogens is 2. The van der Waals surface area contributed by atoms with Crippen molar-refractivity contribution >= 4 is 27.7 Å². The van der Waals surface area contributed by atoms with Gasteiger partial charge in [0.15, 0.2) is 6.61 Å². The molecule has 0 aliphatic heterocycles. The molecule has 0 unspecified atom stereocenters. The quantitative estimate of drug-likeness (QED) is 0.407. The first-order valence-electron chi connectivity index (χ1n) is 9.08. The summed E-state index contributed by atoms with van der Waals surface area (Å²) in [6, 6.07) is 17.0. The van der Waals surface area contributed by atoms with Crippen molar-refractivity contribution in [2.24, 2.45) is 0 Å². The molecule has 0 bridgehead atoms. The van der Waals surface area contributed by atoms with Gasteiger partial charge in [-0.2, -0.15) is 0 Å². The summed E-state index contributed by atoms with van der Waals surface area (Å²) in [5, 5.41) is 4.58. The highest BCUT2D eigenvalue weighted by molar-refractivity contribution is 5.89. The number of rotatable bonds is 6. The molecule has 4 rings (SSSR count). The normalized spacial score (nSPS) is 11.0. The topological polar surface area (TPSA) is 115 Å². The van der Waals surface area contributed by atoms with Crippen molar-refractivity contribution in [1.82, 2.24) is 15.3 Å². The van der Waals surface area contributed by atoms with Crippen molar-refractivity contribution in [2.45, 2.75) is 0 Å². The van der Waals surface area contributed by atoms with Gasteiger partial charge in [-0.25, -0.2) is 0 Å². The minimum Gasteiger partial charge on any atom is -0.484 e. The van der Waals surface area contributed by atoms with Crippen LogP contribution in [0.25, 0.3) is 33.1 Å². The van der Waals surface area contributed by atoms with Gasteiger partial charge >= 0.3 is 0 Å². The highest BCUT2D eigenvalue weighted by atomic mass is 16.5. The maximum Gasteiger partial charge on any atom is 0.258 e. The van der Waals surface area contributed by atoms with E-state index in [1.54, 1.807) is 6.07 Å². The third-order valence-electron chi connectivity index (χ3n) is 4.50. The van der Waals surface area contributed by atoms with Crippen molar-refractivity contribution in [3.8, 4) is 17.0 Å². The fourth-order valence-corrected chi connectivity index (χ4v) is 3.12. The first kappa shape index (κ1) is 17.8. The zero-order valence-corrected chi connectivity index (χ0v) is 15.2. The number of nitrogens with one attached hydrogen (secondary N) is 3. The van der Waals surface area contributed by atoms with E-state index in [1.807, 2.05) is 48.5 Å². The average Bonchev–Trinajstić information content (AvgIpc) is 3.13. The van der Waals surface area contributed by atoms with Gasteiger partial charge in [0, 0.05) is 16.4 Å². The Balaban J connectivity index is 1.61. The molecule has 2 aromatic heterocycles. The number of quaternary nitrogens is 1. The molecule has 1 amide bonds. The number of hydrogen-bond donors (Lipinski definition) is 4. The van der Waals surface area contributed by atoms with Crippen molar-refractivity contribution < 1.29 is 15.3 Å². The lowest BCUT2D eigenvalue weighted by Gasteiger charge is -2.06. The number of aromatic amines is 2. The van der Waals surface area contributed by atoms with Crippen LogP contribution in [0, 0.1) is 0 Å². The summed E-state index contributed by atoms with van der Waals surface area (Å²) in [7, 11) is 0. The minimum absolute atomic E-state index is 0.0485. The van der Waals surface area contributed by atoms with Crippen LogP contribution in [0.1, 0.15) is 0 Å². The van der Waals surface area contributed by atoms with Crippen LogP contribution in [0.2, 0.25) is 0 Å². The fourth-order valence-electron chi connectivity index (χ4n) is 3.12. The molecular formula is C21H21N4O3+. The third-order valence-corrected chi connectivity index (χ3v) is 4.50. The Morgan fingerprint density at radius 2 is 1.82 bits per heavy atom. The van der Waals surface area contributed by atoms with Crippen molar-refractivity contribution in [3.05, 3.63) is 65.0 Å². The summed E-state index contributed by atoms with van der Waals surface area (Å²) in [4.78, 5) is 30.3. The SMILES string of the molecule is [NH3+]CCNC(=O)COc1ccc2[nH]c(-c3cc4ccccc4[nH]c3=O)cc2c1. The second-order valence-electron chi connectivity index (χ2n) is 6.52. The van der Waals surface area contributed by atoms with Gasteiger partial charge in [-0.1, -0.05) is 18.2 Å². The first-order chi connectivity index (χ1) is 13.6. The zero-order chi connectivity index (χ0) is 19.5. The number of pyridine rings is 1. The number of para-hydroxylation sites is 1. The van der Waals surface area contributed by atoms with Gasteiger partial charge in [0.25, 0.3) is 11.5 Å². The van der Waals surface area contributed by atoms with E-state index in [0.29, 0.717) is 24.4 Å². The molecule has 2 heterocycles. The molecule has 0 aliphatic carbocycles. The molecular weight excluding hydrogens is 356 g/mol. The van der Waals surface area contributed by atoms with Crippen LogP contribution in [-0.2, 0) is 4.79 Å². The zero-order valence-electron chi connectivity index (χ0n) is 15.2. The molecule has 0 saturated carbocycles. The molecule has 7 nitrogen and oxygen atoms in total. The van der Waals surface area contributed by atoms with Crippen molar-refractivity contribution in [2.75, 3.05) is 19.7 Å². The van der Waals surface area contributed by atoms with Gasteiger partial charge in [0.1, 0.15) is 5.75 Å². The summed E-state index contributed by atoms with van der Waals surface area (Å²) in [5.41, 5.74) is 6.52. The number of carbonyl (C=O) groups excluding carboxylic acids is 1. The van der Waals surface area contributed by atoms with E-state index in [2.05, 4.69) is 21.0 Å². The first-order valence-corrected chi connectivity index (χ1v) is 9.08.